The van der Waals surface area contributed by atoms with Gasteiger partial charge in [0.2, 0.25) is 11.5 Å². The Morgan fingerprint density at radius 3 is 2.29 bits per heavy atom. The molecular formula is C14H15F5OS. The summed E-state index contributed by atoms with van der Waals surface area (Å²) >= 11 is 0.664. The van der Waals surface area contributed by atoms with Gasteiger partial charge < -0.3 is 0 Å². The van der Waals surface area contributed by atoms with E-state index < -0.39 is 37.8 Å². The zero-order valence-corrected chi connectivity index (χ0v) is 11.9. The maximum Gasteiger partial charge on any atom is 0.279 e. The summed E-state index contributed by atoms with van der Waals surface area (Å²) < 4.78 is 63.7. The van der Waals surface area contributed by atoms with Gasteiger partial charge in [0, 0.05) is 24.2 Å². The van der Waals surface area contributed by atoms with Crippen LogP contribution in [0.2, 0.25) is 0 Å². The highest BCUT2D eigenvalue weighted by atomic mass is 32.2. The molecule has 0 amide bonds. The largest absolute Gasteiger partial charge is 0.282 e. The van der Waals surface area contributed by atoms with Crippen molar-refractivity contribution in [1.82, 2.24) is 0 Å². The fraction of sp³-hybridized carbons (Fsp3) is 0.500. The van der Waals surface area contributed by atoms with Crippen molar-refractivity contribution in [2.45, 2.75) is 37.8 Å². The highest BCUT2D eigenvalue weighted by Gasteiger charge is 2.39. The van der Waals surface area contributed by atoms with Crippen LogP contribution in [0.3, 0.4) is 0 Å². The van der Waals surface area contributed by atoms with Crippen molar-refractivity contribution < 1.29 is 26.7 Å². The Hall–Kier alpha value is -1.11. The third-order valence-corrected chi connectivity index (χ3v) is 3.68. The number of alkyl halides is 5. The fourth-order valence-corrected chi connectivity index (χ4v) is 2.44. The second-order valence-corrected chi connectivity index (χ2v) is 5.52. The van der Waals surface area contributed by atoms with Gasteiger partial charge in [-0.15, -0.1) is 0 Å². The van der Waals surface area contributed by atoms with E-state index in [0.29, 0.717) is 17.3 Å². The molecule has 1 rings (SSSR count). The van der Waals surface area contributed by atoms with Crippen LogP contribution >= 0.6 is 11.8 Å². The number of hydrogen-bond acceptors (Lipinski definition) is 2. The Morgan fingerprint density at radius 1 is 1.10 bits per heavy atom. The van der Waals surface area contributed by atoms with Gasteiger partial charge in [-0.3, -0.25) is 4.79 Å². The normalized spacial score (nSPS) is 13.4. The molecule has 0 aromatic heterocycles. The van der Waals surface area contributed by atoms with Crippen LogP contribution in [0.25, 0.3) is 0 Å². The van der Waals surface area contributed by atoms with Crippen LogP contribution in [0, 0.1) is 0 Å². The van der Waals surface area contributed by atoms with Crippen molar-refractivity contribution in [2.24, 2.45) is 0 Å². The van der Waals surface area contributed by atoms with Gasteiger partial charge in [0.25, 0.3) is 5.92 Å². The van der Waals surface area contributed by atoms with Gasteiger partial charge in [0.1, 0.15) is 0 Å². The van der Waals surface area contributed by atoms with E-state index in [1.807, 2.05) is 0 Å². The van der Waals surface area contributed by atoms with E-state index >= 15 is 0 Å². The van der Waals surface area contributed by atoms with Crippen LogP contribution in [0.5, 0.6) is 0 Å². The van der Waals surface area contributed by atoms with E-state index in [1.165, 1.54) is 0 Å². The van der Waals surface area contributed by atoms with Gasteiger partial charge in [-0.05, 0) is 6.42 Å². The molecule has 1 unspecified atom stereocenters. The Bertz CT molecular complexity index is 438. The van der Waals surface area contributed by atoms with Crippen molar-refractivity contribution in [1.29, 1.82) is 0 Å². The summed E-state index contributed by atoms with van der Waals surface area (Å²) in [6, 6.07) is 8.10. The summed E-state index contributed by atoms with van der Waals surface area (Å²) in [5.41, 5.74) is 0.375. The van der Waals surface area contributed by atoms with Crippen molar-refractivity contribution in [2.75, 3.05) is 5.75 Å². The summed E-state index contributed by atoms with van der Waals surface area (Å²) in [5, 5.41) is -0.380. The predicted octanol–water partition coefficient (Wildman–Crippen LogP) is 4.97. The molecule has 0 saturated carbocycles. The van der Waals surface area contributed by atoms with E-state index in [1.54, 1.807) is 30.3 Å². The SMILES string of the molecule is O=C(SCCC(F)(F)C(F)CCC(F)F)c1ccccc1. The first-order chi connectivity index (χ1) is 9.83. The van der Waals surface area contributed by atoms with Crippen LogP contribution in [0.1, 0.15) is 29.6 Å². The molecule has 21 heavy (non-hydrogen) atoms. The molecule has 1 atom stereocenters. The number of carbonyl (C=O) groups is 1. The van der Waals surface area contributed by atoms with Crippen LogP contribution in [-0.2, 0) is 0 Å². The number of carbonyl (C=O) groups excluding carboxylic acids is 1. The monoisotopic (exact) mass is 326 g/mol. The van der Waals surface area contributed by atoms with Gasteiger partial charge in [0.05, 0.1) is 0 Å². The van der Waals surface area contributed by atoms with Crippen molar-refractivity contribution in [3.05, 3.63) is 35.9 Å². The van der Waals surface area contributed by atoms with E-state index in [-0.39, 0.29) is 10.9 Å². The Kier molecular flexibility index (Phi) is 7.14. The molecule has 1 aromatic carbocycles. The van der Waals surface area contributed by atoms with Crippen molar-refractivity contribution in [3.63, 3.8) is 0 Å². The summed E-state index contributed by atoms with van der Waals surface area (Å²) in [6.07, 6.45) is -8.05. The third kappa shape index (κ3) is 6.46. The lowest BCUT2D eigenvalue weighted by Gasteiger charge is -2.20. The zero-order valence-electron chi connectivity index (χ0n) is 11.1. The number of thioether (sulfide) groups is 1. The molecule has 0 fully saturated rings. The van der Waals surface area contributed by atoms with Crippen molar-refractivity contribution >= 4 is 16.9 Å². The molecule has 0 heterocycles. The topological polar surface area (TPSA) is 17.1 Å². The van der Waals surface area contributed by atoms with E-state index in [0.717, 1.165) is 0 Å². The maximum atomic E-state index is 13.4. The maximum absolute atomic E-state index is 13.4. The first kappa shape index (κ1) is 17.9. The predicted molar refractivity (Wildman–Crippen MR) is 72.9 cm³/mol. The lowest BCUT2D eigenvalue weighted by atomic mass is 10.1. The fourth-order valence-electron chi connectivity index (χ4n) is 1.58. The van der Waals surface area contributed by atoms with Crippen molar-refractivity contribution in [3.8, 4) is 0 Å². The van der Waals surface area contributed by atoms with Gasteiger partial charge in [0.15, 0.2) is 6.17 Å². The third-order valence-electron chi connectivity index (χ3n) is 2.77. The molecule has 0 aliphatic carbocycles. The number of benzene rings is 1. The average molecular weight is 326 g/mol. The zero-order chi connectivity index (χ0) is 15.9. The minimum absolute atomic E-state index is 0.268. The smallest absolute Gasteiger partial charge is 0.279 e. The first-order valence-corrected chi connectivity index (χ1v) is 7.33. The quantitative estimate of drug-likeness (QED) is 0.628. The van der Waals surface area contributed by atoms with E-state index in [9.17, 15) is 26.7 Å². The van der Waals surface area contributed by atoms with Crippen LogP contribution in [0.15, 0.2) is 30.3 Å². The molecule has 0 aliphatic heterocycles. The van der Waals surface area contributed by atoms with Gasteiger partial charge in [-0.2, -0.15) is 0 Å². The second-order valence-electron chi connectivity index (χ2n) is 4.45. The molecular weight excluding hydrogens is 311 g/mol. The molecule has 1 nitrogen and oxygen atoms in total. The molecule has 0 aliphatic rings. The molecule has 0 spiro atoms. The minimum Gasteiger partial charge on any atom is -0.282 e. The van der Waals surface area contributed by atoms with E-state index in [2.05, 4.69) is 0 Å². The summed E-state index contributed by atoms with van der Waals surface area (Å²) in [6.45, 7) is 0. The molecule has 0 bridgehead atoms. The molecule has 1 aromatic rings. The molecule has 0 N–H and O–H groups in total. The molecule has 0 saturated heterocycles. The number of rotatable bonds is 8. The number of hydrogen-bond donors (Lipinski definition) is 0. The lowest BCUT2D eigenvalue weighted by molar-refractivity contribution is -0.0803. The lowest BCUT2D eigenvalue weighted by Crippen LogP contribution is -2.31. The Morgan fingerprint density at radius 2 is 1.71 bits per heavy atom. The highest BCUT2D eigenvalue weighted by molar-refractivity contribution is 8.14. The summed E-state index contributed by atoms with van der Waals surface area (Å²) in [4.78, 5) is 11.6. The molecule has 118 valence electrons. The summed E-state index contributed by atoms with van der Waals surface area (Å²) in [7, 11) is 0. The van der Waals surface area contributed by atoms with Gasteiger partial charge in [-0.25, -0.2) is 22.0 Å². The summed E-state index contributed by atoms with van der Waals surface area (Å²) in [5.74, 6) is -3.96. The Balaban J connectivity index is 2.38. The van der Waals surface area contributed by atoms with Crippen LogP contribution < -0.4 is 0 Å². The van der Waals surface area contributed by atoms with Gasteiger partial charge >= 0.3 is 0 Å². The van der Waals surface area contributed by atoms with Gasteiger partial charge in [-0.1, -0.05) is 42.1 Å². The first-order valence-electron chi connectivity index (χ1n) is 6.35. The average Bonchev–Trinajstić information content (AvgIpc) is 2.45. The standard InChI is InChI=1S/C14H15F5OS/c15-11(6-7-12(16)17)14(18,19)8-9-21-13(20)10-4-2-1-3-5-10/h1-5,11-12H,6-9H2. The Labute approximate surface area is 123 Å². The molecule has 7 heteroatoms. The highest BCUT2D eigenvalue weighted by Crippen LogP contribution is 2.31. The van der Waals surface area contributed by atoms with Crippen LogP contribution in [-0.4, -0.2) is 29.4 Å². The van der Waals surface area contributed by atoms with E-state index in [4.69, 9.17) is 0 Å². The second kappa shape index (κ2) is 8.36. The minimum atomic E-state index is -3.70. The van der Waals surface area contributed by atoms with Crippen LogP contribution in [0.4, 0.5) is 22.0 Å². The molecule has 0 radical (unpaired) electrons. The number of halogens is 5.